The number of H-pyrrole nitrogens is 1. The summed E-state index contributed by atoms with van der Waals surface area (Å²) < 4.78 is 5.07. The minimum absolute atomic E-state index is 0.118. The molecule has 114 valence electrons. The first-order valence-electron chi connectivity index (χ1n) is 6.78. The number of nitrogens with one attached hydrogen (secondary N) is 2. The highest BCUT2D eigenvalue weighted by atomic mass is 32.2. The molecule has 0 aliphatic heterocycles. The maximum absolute atomic E-state index is 11.8. The fourth-order valence-corrected chi connectivity index (χ4v) is 2.69. The van der Waals surface area contributed by atoms with E-state index in [1.807, 2.05) is 24.3 Å². The molecule has 7 heteroatoms. The van der Waals surface area contributed by atoms with Crippen LogP contribution in [0.5, 0.6) is 0 Å². The quantitative estimate of drug-likeness (QED) is 0.606. The van der Waals surface area contributed by atoms with E-state index < -0.39 is 6.10 Å². The van der Waals surface area contributed by atoms with Gasteiger partial charge < -0.3 is 19.8 Å². The SMILES string of the molecule is O=C(CSc1nc2ccccc2[nH]1)NCC(O)c1ccco1. The van der Waals surface area contributed by atoms with E-state index in [-0.39, 0.29) is 18.2 Å². The lowest BCUT2D eigenvalue weighted by atomic mass is 10.3. The zero-order valence-electron chi connectivity index (χ0n) is 11.7. The number of para-hydroxylation sites is 2. The summed E-state index contributed by atoms with van der Waals surface area (Å²) in [6.45, 7) is 0.118. The van der Waals surface area contributed by atoms with Crippen LogP contribution >= 0.6 is 11.8 Å². The van der Waals surface area contributed by atoms with Gasteiger partial charge in [-0.1, -0.05) is 23.9 Å². The molecule has 0 aliphatic rings. The monoisotopic (exact) mass is 317 g/mol. The van der Waals surface area contributed by atoms with Gasteiger partial charge in [-0.25, -0.2) is 4.98 Å². The summed E-state index contributed by atoms with van der Waals surface area (Å²) in [5, 5.41) is 13.2. The molecule has 0 spiro atoms. The van der Waals surface area contributed by atoms with Crippen LogP contribution in [0, 0.1) is 0 Å². The Balaban J connectivity index is 1.48. The number of hydrogen-bond acceptors (Lipinski definition) is 5. The van der Waals surface area contributed by atoms with Gasteiger partial charge in [-0.15, -0.1) is 0 Å². The molecule has 0 bridgehead atoms. The molecule has 0 fully saturated rings. The fraction of sp³-hybridized carbons (Fsp3) is 0.200. The van der Waals surface area contributed by atoms with Crippen LogP contribution in [-0.2, 0) is 4.79 Å². The van der Waals surface area contributed by atoms with E-state index >= 15 is 0 Å². The second-order valence-corrected chi connectivity index (χ2v) is 5.65. The van der Waals surface area contributed by atoms with Gasteiger partial charge in [0.25, 0.3) is 0 Å². The molecule has 6 nitrogen and oxygen atoms in total. The van der Waals surface area contributed by atoms with Gasteiger partial charge in [0, 0.05) is 0 Å². The maximum Gasteiger partial charge on any atom is 0.230 e. The highest BCUT2D eigenvalue weighted by molar-refractivity contribution is 7.99. The third-order valence-electron chi connectivity index (χ3n) is 3.07. The molecule has 1 aromatic carbocycles. The first-order chi connectivity index (χ1) is 10.7. The van der Waals surface area contributed by atoms with Crippen LogP contribution in [0.4, 0.5) is 0 Å². The van der Waals surface area contributed by atoms with E-state index in [1.165, 1.54) is 18.0 Å². The molecule has 0 saturated heterocycles. The molecule has 3 aromatic rings. The summed E-state index contributed by atoms with van der Waals surface area (Å²) in [5.41, 5.74) is 1.82. The van der Waals surface area contributed by atoms with Gasteiger partial charge in [-0.2, -0.15) is 0 Å². The molecule has 22 heavy (non-hydrogen) atoms. The first-order valence-corrected chi connectivity index (χ1v) is 7.76. The van der Waals surface area contributed by atoms with Crippen molar-refractivity contribution in [3.8, 4) is 0 Å². The first kappa shape index (κ1) is 14.7. The van der Waals surface area contributed by atoms with Crippen molar-refractivity contribution in [2.75, 3.05) is 12.3 Å². The van der Waals surface area contributed by atoms with Crippen LogP contribution < -0.4 is 5.32 Å². The normalized spacial score (nSPS) is 12.4. The number of furan rings is 1. The average molecular weight is 317 g/mol. The van der Waals surface area contributed by atoms with Crippen LogP contribution in [0.1, 0.15) is 11.9 Å². The molecule has 0 saturated carbocycles. The molecule has 0 aliphatic carbocycles. The number of nitrogens with zero attached hydrogens (tertiary/aromatic N) is 1. The minimum Gasteiger partial charge on any atom is -0.467 e. The fourth-order valence-electron chi connectivity index (χ4n) is 1.97. The van der Waals surface area contributed by atoms with Crippen molar-refractivity contribution in [3.05, 3.63) is 48.4 Å². The highest BCUT2D eigenvalue weighted by Gasteiger charge is 2.12. The van der Waals surface area contributed by atoms with E-state index in [0.29, 0.717) is 10.9 Å². The predicted octanol–water partition coefficient (Wildman–Crippen LogP) is 2.10. The Morgan fingerprint density at radius 2 is 2.23 bits per heavy atom. The van der Waals surface area contributed by atoms with E-state index in [1.54, 1.807) is 12.1 Å². The van der Waals surface area contributed by atoms with Crippen molar-refractivity contribution in [2.24, 2.45) is 0 Å². The number of aliphatic hydroxyl groups excluding tert-OH is 1. The third kappa shape index (κ3) is 3.49. The van der Waals surface area contributed by atoms with Crippen molar-refractivity contribution in [1.82, 2.24) is 15.3 Å². The van der Waals surface area contributed by atoms with E-state index in [9.17, 15) is 9.90 Å². The van der Waals surface area contributed by atoms with Crippen molar-refractivity contribution in [1.29, 1.82) is 0 Å². The minimum atomic E-state index is -0.838. The lowest BCUT2D eigenvalue weighted by molar-refractivity contribution is -0.119. The van der Waals surface area contributed by atoms with Gasteiger partial charge in [0.1, 0.15) is 11.9 Å². The van der Waals surface area contributed by atoms with Crippen LogP contribution in [0.2, 0.25) is 0 Å². The standard InChI is InChI=1S/C15H15N3O3S/c19-12(13-6-3-7-21-13)8-16-14(20)9-22-15-17-10-4-1-2-5-11(10)18-15/h1-7,12,19H,8-9H2,(H,16,20)(H,17,18). The number of hydrogen-bond donors (Lipinski definition) is 3. The number of rotatable bonds is 6. The molecule has 3 N–H and O–H groups in total. The summed E-state index contributed by atoms with van der Waals surface area (Å²) in [6.07, 6.45) is 0.646. The number of amides is 1. The summed E-state index contributed by atoms with van der Waals surface area (Å²) in [4.78, 5) is 19.3. The zero-order chi connectivity index (χ0) is 15.4. The Morgan fingerprint density at radius 3 is 3.00 bits per heavy atom. The smallest absolute Gasteiger partial charge is 0.230 e. The van der Waals surface area contributed by atoms with Gasteiger partial charge in [0.05, 0.1) is 29.6 Å². The number of carbonyl (C=O) groups is 1. The number of aliphatic hydroxyl groups is 1. The second-order valence-electron chi connectivity index (χ2n) is 4.68. The summed E-state index contributed by atoms with van der Waals surface area (Å²) in [6, 6.07) is 11.1. The number of carbonyl (C=O) groups excluding carboxylic acids is 1. The highest BCUT2D eigenvalue weighted by Crippen LogP contribution is 2.19. The van der Waals surface area contributed by atoms with Gasteiger partial charge in [-0.05, 0) is 24.3 Å². The maximum atomic E-state index is 11.8. The molecule has 0 radical (unpaired) electrons. The van der Waals surface area contributed by atoms with E-state index in [4.69, 9.17) is 4.42 Å². The lowest BCUT2D eigenvalue weighted by Crippen LogP contribution is -2.29. The summed E-state index contributed by atoms with van der Waals surface area (Å²) >= 11 is 1.32. The topological polar surface area (TPSA) is 91.2 Å². The van der Waals surface area contributed by atoms with E-state index in [0.717, 1.165) is 11.0 Å². The van der Waals surface area contributed by atoms with Gasteiger partial charge in [0.15, 0.2) is 5.16 Å². The third-order valence-corrected chi connectivity index (χ3v) is 3.95. The Labute approximate surface area is 130 Å². The molecule has 1 amide bonds. The number of thioether (sulfide) groups is 1. The van der Waals surface area contributed by atoms with Crippen LogP contribution in [0.3, 0.4) is 0 Å². The predicted molar refractivity (Wildman–Crippen MR) is 83.5 cm³/mol. The molecule has 3 rings (SSSR count). The van der Waals surface area contributed by atoms with Gasteiger partial charge in [0.2, 0.25) is 5.91 Å². The van der Waals surface area contributed by atoms with Crippen molar-refractivity contribution >= 4 is 28.7 Å². The van der Waals surface area contributed by atoms with Crippen LogP contribution in [-0.4, -0.2) is 33.3 Å². The van der Waals surface area contributed by atoms with Crippen LogP contribution in [0.25, 0.3) is 11.0 Å². The number of aromatic amines is 1. The van der Waals surface area contributed by atoms with Crippen molar-refractivity contribution in [3.63, 3.8) is 0 Å². The van der Waals surface area contributed by atoms with E-state index in [2.05, 4.69) is 15.3 Å². The number of imidazole rings is 1. The Bertz CT molecular complexity index is 721. The molecule has 1 unspecified atom stereocenters. The van der Waals surface area contributed by atoms with Crippen molar-refractivity contribution < 1.29 is 14.3 Å². The van der Waals surface area contributed by atoms with Gasteiger partial charge in [-0.3, -0.25) is 4.79 Å². The summed E-state index contributed by atoms with van der Waals surface area (Å²) in [7, 11) is 0. The largest absolute Gasteiger partial charge is 0.467 e. The van der Waals surface area contributed by atoms with Crippen molar-refractivity contribution in [2.45, 2.75) is 11.3 Å². The zero-order valence-corrected chi connectivity index (χ0v) is 12.5. The molecule has 2 heterocycles. The number of benzene rings is 1. The molecular formula is C15H15N3O3S. The Kier molecular flexibility index (Phi) is 4.45. The Morgan fingerprint density at radius 1 is 1.36 bits per heavy atom. The second kappa shape index (κ2) is 6.67. The average Bonchev–Trinajstić information content (AvgIpc) is 3.19. The van der Waals surface area contributed by atoms with Crippen LogP contribution in [0.15, 0.2) is 52.2 Å². The lowest BCUT2D eigenvalue weighted by Gasteiger charge is -2.08. The number of fused-ring (bicyclic) bond motifs is 1. The molecule has 2 aromatic heterocycles. The number of aromatic nitrogens is 2. The summed E-state index contributed by atoms with van der Waals surface area (Å²) in [5.74, 6) is 0.492. The molecular weight excluding hydrogens is 302 g/mol. The van der Waals surface area contributed by atoms with Gasteiger partial charge >= 0.3 is 0 Å². The Hall–Kier alpha value is -2.25. The molecule has 1 atom stereocenters.